The molecule has 1 aliphatic heterocycles. The van der Waals surface area contributed by atoms with Crippen molar-refractivity contribution in [2.75, 3.05) is 13.2 Å². The summed E-state index contributed by atoms with van der Waals surface area (Å²) in [4.78, 5) is 2.39. The second kappa shape index (κ2) is 4.84. The van der Waals surface area contributed by atoms with Crippen LogP contribution in [0.3, 0.4) is 0 Å². The molecule has 0 saturated carbocycles. The van der Waals surface area contributed by atoms with Crippen LogP contribution in [0, 0.1) is 0 Å². The standard InChI is InChI=1S/C15H22ClNO/c1-14(2,3)17-10-6-9-15(17,11-18)12-7-4-5-8-13(12)16/h4-5,7-8,18H,6,9-11H2,1-3H3. The molecule has 18 heavy (non-hydrogen) atoms. The molecule has 1 unspecified atom stereocenters. The van der Waals surface area contributed by atoms with Gasteiger partial charge in [-0.15, -0.1) is 0 Å². The highest BCUT2D eigenvalue weighted by Gasteiger charge is 2.47. The van der Waals surface area contributed by atoms with Gasteiger partial charge in [-0.2, -0.15) is 0 Å². The van der Waals surface area contributed by atoms with Gasteiger partial charge in [0.1, 0.15) is 0 Å². The Balaban J connectivity index is 2.51. The molecule has 3 heteroatoms. The zero-order chi connectivity index (χ0) is 13.4. The molecule has 1 atom stereocenters. The van der Waals surface area contributed by atoms with Gasteiger partial charge in [0.15, 0.2) is 0 Å². The number of hydrogen-bond acceptors (Lipinski definition) is 2. The fraction of sp³-hybridized carbons (Fsp3) is 0.600. The van der Waals surface area contributed by atoms with Crippen molar-refractivity contribution in [3.8, 4) is 0 Å². The average molecular weight is 268 g/mol. The molecule has 0 aromatic heterocycles. The Labute approximate surface area is 115 Å². The van der Waals surface area contributed by atoms with Crippen LogP contribution in [0.5, 0.6) is 0 Å². The first-order chi connectivity index (χ1) is 8.42. The highest BCUT2D eigenvalue weighted by atomic mass is 35.5. The van der Waals surface area contributed by atoms with E-state index in [1.54, 1.807) is 0 Å². The van der Waals surface area contributed by atoms with Crippen LogP contribution >= 0.6 is 11.6 Å². The smallest absolute Gasteiger partial charge is 0.0713 e. The molecule has 1 saturated heterocycles. The minimum absolute atomic E-state index is 0.0262. The number of hydrogen-bond donors (Lipinski definition) is 1. The van der Waals surface area contributed by atoms with Gasteiger partial charge in [-0.25, -0.2) is 0 Å². The molecule has 0 spiro atoms. The molecule has 1 aliphatic rings. The van der Waals surface area contributed by atoms with E-state index >= 15 is 0 Å². The SMILES string of the molecule is CC(C)(C)N1CCCC1(CO)c1ccccc1Cl. The van der Waals surface area contributed by atoms with E-state index < -0.39 is 0 Å². The lowest BCUT2D eigenvalue weighted by Gasteiger charge is -2.46. The van der Waals surface area contributed by atoms with Crippen LogP contribution in [-0.2, 0) is 5.54 Å². The first kappa shape index (κ1) is 13.9. The van der Waals surface area contributed by atoms with Crippen molar-refractivity contribution in [1.29, 1.82) is 0 Å². The van der Waals surface area contributed by atoms with Crippen molar-refractivity contribution < 1.29 is 5.11 Å². The number of benzene rings is 1. The van der Waals surface area contributed by atoms with E-state index in [2.05, 4.69) is 25.7 Å². The lowest BCUT2D eigenvalue weighted by Crippen LogP contribution is -2.53. The van der Waals surface area contributed by atoms with E-state index in [1.165, 1.54) is 0 Å². The Morgan fingerprint density at radius 2 is 2.00 bits per heavy atom. The van der Waals surface area contributed by atoms with E-state index in [0.717, 1.165) is 30.0 Å². The number of rotatable bonds is 2. The third-order valence-corrected chi connectivity index (χ3v) is 4.26. The summed E-state index contributed by atoms with van der Waals surface area (Å²) in [6.45, 7) is 7.71. The largest absolute Gasteiger partial charge is 0.394 e. The summed E-state index contributed by atoms with van der Waals surface area (Å²) >= 11 is 6.35. The van der Waals surface area contributed by atoms with E-state index in [1.807, 2.05) is 24.3 Å². The Hall–Kier alpha value is -0.570. The van der Waals surface area contributed by atoms with E-state index in [4.69, 9.17) is 11.6 Å². The lowest BCUT2D eigenvalue weighted by molar-refractivity contribution is -0.00144. The number of likely N-dealkylation sites (tertiary alicyclic amines) is 1. The number of halogens is 1. The second-order valence-corrected chi connectivity index (χ2v) is 6.50. The number of aliphatic hydroxyl groups is 1. The van der Waals surface area contributed by atoms with Gasteiger partial charge in [-0.1, -0.05) is 29.8 Å². The lowest BCUT2D eigenvalue weighted by atomic mass is 9.85. The molecule has 1 aromatic rings. The maximum Gasteiger partial charge on any atom is 0.0713 e. The summed E-state index contributed by atoms with van der Waals surface area (Å²) in [5.74, 6) is 0. The number of aliphatic hydroxyl groups excluding tert-OH is 1. The van der Waals surface area contributed by atoms with Crippen LogP contribution in [0.4, 0.5) is 0 Å². The molecule has 1 aromatic carbocycles. The zero-order valence-corrected chi connectivity index (χ0v) is 12.2. The normalized spacial score (nSPS) is 25.6. The second-order valence-electron chi connectivity index (χ2n) is 6.10. The molecule has 0 aliphatic carbocycles. The molecular formula is C15H22ClNO. The Bertz CT molecular complexity index is 427. The zero-order valence-electron chi connectivity index (χ0n) is 11.4. The molecule has 1 fully saturated rings. The molecule has 0 bridgehead atoms. The minimum Gasteiger partial charge on any atom is -0.394 e. The summed E-state index contributed by atoms with van der Waals surface area (Å²) in [5.41, 5.74) is 0.760. The summed E-state index contributed by atoms with van der Waals surface area (Å²) in [7, 11) is 0. The van der Waals surface area contributed by atoms with Gasteiger partial charge in [-0.3, -0.25) is 4.90 Å². The van der Waals surface area contributed by atoms with Gasteiger partial charge in [-0.05, 0) is 51.8 Å². The van der Waals surface area contributed by atoms with Gasteiger partial charge < -0.3 is 5.11 Å². The summed E-state index contributed by atoms with van der Waals surface area (Å²) < 4.78 is 0. The predicted molar refractivity (Wildman–Crippen MR) is 75.9 cm³/mol. The molecule has 1 heterocycles. The van der Waals surface area contributed by atoms with Crippen LogP contribution in [0.25, 0.3) is 0 Å². The first-order valence-electron chi connectivity index (χ1n) is 6.55. The molecule has 0 radical (unpaired) electrons. The van der Waals surface area contributed by atoms with Crippen LogP contribution in [-0.4, -0.2) is 28.7 Å². The average Bonchev–Trinajstić information content (AvgIpc) is 2.74. The Morgan fingerprint density at radius 3 is 2.56 bits per heavy atom. The maximum absolute atomic E-state index is 10.0. The van der Waals surface area contributed by atoms with Crippen LogP contribution in [0.15, 0.2) is 24.3 Å². The summed E-state index contributed by atoms with van der Waals surface area (Å²) in [6.07, 6.45) is 2.06. The van der Waals surface area contributed by atoms with Crippen molar-refractivity contribution in [3.63, 3.8) is 0 Å². The topological polar surface area (TPSA) is 23.5 Å². The molecule has 2 nitrogen and oxygen atoms in total. The van der Waals surface area contributed by atoms with Crippen molar-refractivity contribution in [2.24, 2.45) is 0 Å². The van der Waals surface area contributed by atoms with Gasteiger partial charge in [0, 0.05) is 10.6 Å². The fourth-order valence-electron chi connectivity index (χ4n) is 3.22. The monoisotopic (exact) mass is 267 g/mol. The van der Waals surface area contributed by atoms with Crippen molar-refractivity contribution in [2.45, 2.75) is 44.7 Å². The third-order valence-electron chi connectivity index (χ3n) is 3.94. The van der Waals surface area contributed by atoms with E-state index in [-0.39, 0.29) is 17.7 Å². The predicted octanol–water partition coefficient (Wildman–Crippen LogP) is 3.42. The van der Waals surface area contributed by atoms with Gasteiger partial charge in [0.2, 0.25) is 0 Å². The quantitative estimate of drug-likeness (QED) is 0.888. The van der Waals surface area contributed by atoms with Crippen molar-refractivity contribution in [1.82, 2.24) is 4.90 Å². The van der Waals surface area contributed by atoms with E-state index in [9.17, 15) is 5.11 Å². The Kier molecular flexibility index (Phi) is 3.72. The highest BCUT2D eigenvalue weighted by molar-refractivity contribution is 6.31. The molecule has 1 N–H and O–H groups in total. The molecule has 2 rings (SSSR count). The highest BCUT2D eigenvalue weighted by Crippen LogP contribution is 2.44. The van der Waals surface area contributed by atoms with Gasteiger partial charge in [0.05, 0.1) is 12.1 Å². The third kappa shape index (κ3) is 2.18. The molecule has 0 amide bonds. The molecule has 100 valence electrons. The molecular weight excluding hydrogens is 246 g/mol. The maximum atomic E-state index is 10.0. The Morgan fingerprint density at radius 1 is 1.33 bits per heavy atom. The van der Waals surface area contributed by atoms with Gasteiger partial charge >= 0.3 is 0 Å². The van der Waals surface area contributed by atoms with Crippen molar-refractivity contribution >= 4 is 11.6 Å². The summed E-state index contributed by atoms with van der Waals surface area (Å²) in [5, 5.41) is 10.8. The van der Waals surface area contributed by atoms with Crippen LogP contribution in [0.1, 0.15) is 39.2 Å². The van der Waals surface area contributed by atoms with Gasteiger partial charge in [0.25, 0.3) is 0 Å². The minimum atomic E-state index is -0.323. The fourth-order valence-corrected chi connectivity index (χ4v) is 3.54. The summed E-state index contributed by atoms with van der Waals surface area (Å²) in [6, 6.07) is 7.89. The van der Waals surface area contributed by atoms with Crippen LogP contribution < -0.4 is 0 Å². The number of nitrogens with zero attached hydrogens (tertiary/aromatic N) is 1. The first-order valence-corrected chi connectivity index (χ1v) is 6.93. The van der Waals surface area contributed by atoms with Crippen LogP contribution in [0.2, 0.25) is 5.02 Å². The van der Waals surface area contributed by atoms with Crippen molar-refractivity contribution in [3.05, 3.63) is 34.9 Å². The van der Waals surface area contributed by atoms with E-state index in [0.29, 0.717) is 0 Å².